The molecule has 2 aromatic rings. The first kappa shape index (κ1) is 13.7. The molecule has 0 amide bonds. The molecule has 1 aromatic carbocycles. The maximum atomic E-state index is 12.5. The summed E-state index contributed by atoms with van der Waals surface area (Å²) < 4.78 is 4.90. The maximum Gasteiger partial charge on any atom is 0.364 e. The van der Waals surface area contributed by atoms with Crippen LogP contribution in [0.4, 0.5) is 5.69 Å². The Labute approximate surface area is 122 Å². The Bertz CT molecular complexity index is 923. The normalized spacial score (nSPS) is 13.5. The van der Waals surface area contributed by atoms with E-state index < -0.39 is 28.1 Å². The van der Waals surface area contributed by atoms with E-state index in [1.807, 2.05) is 0 Å². The van der Waals surface area contributed by atoms with Crippen molar-refractivity contribution in [3.8, 4) is 5.95 Å². The topological polar surface area (TPSA) is 111 Å². The summed E-state index contributed by atoms with van der Waals surface area (Å²) in [4.78, 5) is 34.9. The summed E-state index contributed by atoms with van der Waals surface area (Å²) in [6.45, 7) is 0. The predicted octanol–water partition coefficient (Wildman–Crippen LogP) is 0.680. The minimum atomic E-state index is -0.917. The number of Topliss-reactive ketones (excluding diaryl/α,β-unsaturated/α-hetero) is 2. The highest BCUT2D eigenvalue weighted by Gasteiger charge is 2.32. The van der Waals surface area contributed by atoms with Crippen LogP contribution in [-0.4, -0.2) is 21.6 Å². The average Bonchev–Trinajstić information content (AvgIpc) is 2.83. The van der Waals surface area contributed by atoms with Gasteiger partial charge in [0.15, 0.2) is 11.6 Å². The molecule has 3 rings (SSSR count). The maximum absolute atomic E-state index is 12.5. The summed E-state index contributed by atoms with van der Waals surface area (Å²) in [7, 11) is 0. The number of hydrogen-bond acceptors (Lipinski definition) is 6. The van der Waals surface area contributed by atoms with Crippen LogP contribution >= 0.6 is 0 Å². The number of carbonyl (C=O) groups is 2. The number of fused-ring (bicyclic) bond motifs is 1. The van der Waals surface area contributed by atoms with Gasteiger partial charge in [0, 0.05) is 12.0 Å². The molecule has 0 spiro atoms. The van der Waals surface area contributed by atoms with Crippen LogP contribution in [0.15, 0.2) is 34.7 Å². The molecule has 1 N–H and O–H groups in total. The van der Waals surface area contributed by atoms with Gasteiger partial charge in [0.2, 0.25) is 0 Å². The minimum Gasteiger partial charge on any atom is -0.476 e. The molecule has 1 aliphatic rings. The van der Waals surface area contributed by atoms with Crippen LogP contribution in [0.25, 0.3) is 11.6 Å². The fraction of sp³-hybridized carbons (Fsp3) is 0.0667. The Morgan fingerprint density at radius 3 is 2.59 bits per heavy atom. The van der Waals surface area contributed by atoms with E-state index >= 15 is 0 Å². The van der Waals surface area contributed by atoms with Gasteiger partial charge < -0.3 is 9.52 Å². The van der Waals surface area contributed by atoms with Crippen LogP contribution in [0, 0.1) is 10.1 Å². The number of aromatic hydroxyl groups is 1. The van der Waals surface area contributed by atoms with Crippen molar-refractivity contribution in [1.29, 1.82) is 0 Å². The third-order valence-corrected chi connectivity index (χ3v) is 3.34. The summed E-state index contributed by atoms with van der Waals surface area (Å²) in [5, 5.41) is 20.4. The first-order valence-corrected chi connectivity index (χ1v) is 6.34. The summed E-state index contributed by atoms with van der Waals surface area (Å²) in [6.07, 6.45) is 1.19. The van der Waals surface area contributed by atoms with Crippen molar-refractivity contribution in [1.82, 2.24) is 0 Å². The Morgan fingerprint density at radius 1 is 1.27 bits per heavy atom. The van der Waals surface area contributed by atoms with Crippen LogP contribution < -0.4 is 10.6 Å². The SMILES string of the molecule is O=C1CC=c2oc(O)c([N+](=O)[O-])c2=C1C(=O)c1ccccc1. The molecule has 0 saturated heterocycles. The van der Waals surface area contributed by atoms with E-state index in [2.05, 4.69) is 0 Å². The smallest absolute Gasteiger partial charge is 0.364 e. The lowest BCUT2D eigenvalue weighted by Crippen LogP contribution is -2.34. The molecule has 1 aliphatic carbocycles. The lowest BCUT2D eigenvalue weighted by molar-refractivity contribution is -0.387. The quantitative estimate of drug-likeness (QED) is 0.507. The van der Waals surface area contributed by atoms with Gasteiger partial charge in [0.25, 0.3) is 0 Å². The van der Waals surface area contributed by atoms with Gasteiger partial charge in [-0.2, -0.15) is 0 Å². The zero-order chi connectivity index (χ0) is 15.9. The minimum absolute atomic E-state index is 0.0388. The number of nitrogens with zero attached hydrogens (tertiary/aromatic N) is 1. The van der Waals surface area contributed by atoms with Crippen molar-refractivity contribution in [2.75, 3.05) is 0 Å². The van der Waals surface area contributed by atoms with Crippen molar-refractivity contribution in [2.45, 2.75) is 6.42 Å². The van der Waals surface area contributed by atoms with Gasteiger partial charge in [0.1, 0.15) is 10.6 Å². The highest BCUT2D eigenvalue weighted by molar-refractivity contribution is 6.46. The van der Waals surface area contributed by atoms with Crippen molar-refractivity contribution in [3.63, 3.8) is 0 Å². The number of benzene rings is 1. The molecule has 1 aromatic heterocycles. The number of rotatable bonds is 3. The van der Waals surface area contributed by atoms with Gasteiger partial charge in [-0.3, -0.25) is 19.7 Å². The third-order valence-electron chi connectivity index (χ3n) is 3.34. The monoisotopic (exact) mass is 299 g/mol. The van der Waals surface area contributed by atoms with E-state index in [0.717, 1.165) is 0 Å². The summed E-state index contributed by atoms with van der Waals surface area (Å²) in [5.74, 6) is -2.10. The molecule has 0 fully saturated rings. The molecule has 1 heterocycles. The largest absolute Gasteiger partial charge is 0.476 e. The van der Waals surface area contributed by atoms with Gasteiger partial charge in [-0.05, 0) is 6.08 Å². The molecule has 7 nitrogen and oxygen atoms in total. The van der Waals surface area contributed by atoms with Crippen LogP contribution in [0.3, 0.4) is 0 Å². The molecule has 7 heteroatoms. The second-order valence-corrected chi connectivity index (χ2v) is 4.65. The second-order valence-electron chi connectivity index (χ2n) is 4.65. The van der Waals surface area contributed by atoms with Crippen molar-refractivity contribution in [2.24, 2.45) is 0 Å². The fourth-order valence-electron chi connectivity index (χ4n) is 2.38. The standard InChI is InChI=1S/C15H9NO6/c17-9-6-7-10-12(13(16(20)21)15(19)22-10)11(9)14(18)8-4-2-1-3-5-8/h1-5,7,19H,6H2. The van der Waals surface area contributed by atoms with E-state index in [9.17, 15) is 24.8 Å². The van der Waals surface area contributed by atoms with Crippen molar-refractivity contribution >= 4 is 28.9 Å². The lowest BCUT2D eigenvalue weighted by Gasteiger charge is -2.06. The first-order chi connectivity index (χ1) is 10.5. The fourth-order valence-corrected chi connectivity index (χ4v) is 2.38. The van der Waals surface area contributed by atoms with Gasteiger partial charge in [-0.25, -0.2) is 0 Å². The van der Waals surface area contributed by atoms with E-state index in [4.69, 9.17) is 4.42 Å². The molecule has 0 saturated carbocycles. The van der Waals surface area contributed by atoms with Crippen molar-refractivity contribution < 1.29 is 24.0 Å². The van der Waals surface area contributed by atoms with Crippen LogP contribution in [0.2, 0.25) is 0 Å². The molecule has 22 heavy (non-hydrogen) atoms. The van der Waals surface area contributed by atoms with E-state index in [1.165, 1.54) is 18.2 Å². The van der Waals surface area contributed by atoms with Gasteiger partial charge in [-0.1, -0.05) is 30.3 Å². The molecule has 0 aliphatic heterocycles. The van der Waals surface area contributed by atoms with E-state index in [-0.39, 0.29) is 28.2 Å². The van der Waals surface area contributed by atoms with Gasteiger partial charge >= 0.3 is 11.6 Å². The van der Waals surface area contributed by atoms with Crippen LogP contribution in [-0.2, 0) is 4.79 Å². The van der Waals surface area contributed by atoms with Crippen LogP contribution in [0.5, 0.6) is 5.95 Å². The predicted molar refractivity (Wildman–Crippen MR) is 74.5 cm³/mol. The first-order valence-electron chi connectivity index (χ1n) is 6.34. The number of nitro groups is 1. The lowest BCUT2D eigenvalue weighted by atomic mass is 9.93. The Hall–Kier alpha value is -3.22. The summed E-state index contributed by atoms with van der Waals surface area (Å²) in [5.41, 5.74) is -0.908. The highest BCUT2D eigenvalue weighted by Crippen LogP contribution is 2.23. The van der Waals surface area contributed by atoms with Gasteiger partial charge in [-0.15, -0.1) is 0 Å². The number of hydrogen-bond donors (Lipinski definition) is 1. The Morgan fingerprint density at radius 2 is 1.95 bits per heavy atom. The van der Waals surface area contributed by atoms with E-state index in [1.54, 1.807) is 18.2 Å². The molecule has 0 atom stereocenters. The highest BCUT2D eigenvalue weighted by atomic mass is 16.6. The molecule has 0 unspecified atom stereocenters. The zero-order valence-electron chi connectivity index (χ0n) is 11.1. The summed E-state index contributed by atoms with van der Waals surface area (Å²) in [6, 6.07) is 7.96. The van der Waals surface area contributed by atoms with Gasteiger partial charge in [0.05, 0.1) is 10.5 Å². The molecular formula is C15H9NO6. The number of ketones is 2. The Kier molecular flexibility index (Phi) is 3.10. The second kappa shape index (κ2) is 4.96. The molecule has 0 radical (unpaired) electrons. The Balaban J connectivity index is 2.39. The average molecular weight is 299 g/mol. The van der Waals surface area contributed by atoms with Crippen LogP contribution in [0.1, 0.15) is 16.8 Å². The number of furan rings is 1. The molecular weight excluding hydrogens is 290 g/mol. The van der Waals surface area contributed by atoms with Crippen molar-refractivity contribution in [3.05, 3.63) is 56.6 Å². The van der Waals surface area contributed by atoms with E-state index in [0.29, 0.717) is 0 Å². The summed E-state index contributed by atoms with van der Waals surface area (Å²) >= 11 is 0. The molecule has 110 valence electrons. The third kappa shape index (κ3) is 1.99. The number of carbonyl (C=O) groups excluding carboxylic acids is 2. The zero-order valence-corrected chi connectivity index (χ0v) is 11.1. The molecule has 0 bridgehead atoms.